The first-order valence-corrected chi connectivity index (χ1v) is 5.35. The minimum atomic E-state index is 0.639. The number of nitrogens with one attached hydrogen (secondary N) is 1. The van der Waals surface area contributed by atoms with Crippen molar-refractivity contribution < 1.29 is 0 Å². The number of fused-ring (bicyclic) bond motifs is 1. The Morgan fingerprint density at radius 3 is 2.71 bits per heavy atom. The third-order valence-electron chi connectivity index (χ3n) is 2.47. The van der Waals surface area contributed by atoms with Crippen LogP contribution in [0.15, 0.2) is 49.2 Å². The van der Waals surface area contributed by atoms with Gasteiger partial charge in [-0.05, 0) is 12.1 Å². The molecule has 0 fully saturated rings. The molecule has 0 saturated heterocycles. The molecule has 84 valence electrons. The molecule has 17 heavy (non-hydrogen) atoms. The van der Waals surface area contributed by atoms with Crippen LogP contribution in [0.25, 0.3) is 5.65 Å². The van der Waals surface area contributed by atoms with Crippen molar-refractivity contribution in [3.8, 4) is 0 Å². The highest BCUT2D eigenvalue weighted by Crippen LogP contribution is 2.11. The number of rotatable bonds is 3. The minimum Gasteiger partial charge on any atom is -0.361 e. The molecule has 0 aromatic carbocycles. The van der Waals surface area contributed by atoms with Gasteiger partial charge in [0, 0.05) is 31.0 Å². The maximum atomic E-state index is 4.27. The number of pyridine rings is 1. The summed E-state index contributed by atoms with van der Waals surface area (Å²) in [4.78, 5) is 12.8. The summed E-state index contributed by atoms with van der Waals surface area (Å²) in [6.45, 7) is 0.639. The first kappa shape index (κ1) is 9.77. The van der Waals surface area contributed by atoms with E-state index in [4.69, 9.17) is 0 Å². The van der Waals surface area contributed by atoms with Crippen molar-refractivity contribution in [2.45, 2.75) is 6.54 Å². The topological polar surface area (TPSA) is 55.1 Å². The molecule has 0 saturated carbocycles. The van der Waals surface area contributed by atoms with Gasteiger partial charge in [-0.15, -0.1) is 0 Å². The zero-order valence-corrected chi connectivity index (χ0v) is 9.11. The first-order chi connectivity index (χ1) is 8.43. The van der Waals surface area contributed by atoms with Crippen LogP contribution in [0.2, 0.25) is 0 Å². The van der Waals surface area contributed by atoms with Gasteiger partial charge in [0.25, 0.3) is 0 Å². The van der Waals surface area contributed by atoms with Crippen molar-refractivity contribution in [3.63, 3.8) is 0 Å². The van der Waals surface area contributed by atoms with Crippen molar-refractivity contribution in [3.05, 3.63) is 54.9 Å². The van der Waals surface area contributed by atoms with E-state index in [2.05, 4.69) is 20.3 Å². The fourth-order valence-electron chi connectivity index (χ4n) is 1.66. The Hall–Kier alpha value is -2.43. The standard InChI is InChI=1S/C12H11N5/c1-2-4-13-10(3-1)9-16-11-12-15-6-8-17(12)7-5-14-11/h1-8H,9H2,(H,14,16). The maximum absolute atomic E-state index is 4.27. The molecule has 0 aliphatic rings. The molecule has 0 atom stereocenters. The van der Waals surface area contributed by atoms with Crippen LogP contribution in [0.4, 0.5) is 5.82 Å². The molecule has 3 rings (SSSR count). The number of hydrogen-bond acceptors (Lipinski definition) is 4. The largest absolute Gasteiger partial charge is 0.361 e. The lowest BCUT2D eigenvalue weighted by Gasteiger charge is -2.05. The molecule has 0 aliphatic heterocycles. The lowest BCUT2D eigenvalue weighted by molar-refractivity contribution is 1.02. The molecule has 5 nitrogen and oxygen atoms in total. The second kappa shape index (κ2) is 4.21. The van der Waals surface area contributed by atoms with Crippen LogP contribution in [0.3, 0.4) is 0 Å². The molecule has 3 aromatic rings. The molecule has 0 unspecified atom stereocenters. The number of anilines is 1. The van der Waals surface area contributed by atoms with Crippen LogP contribution in [-0.2, 0) is 6.54 Å². The van der Waals surface area contributed by atoms with Crippen molar-refractivity contribution >= 4 is 11.5 Å². The fourth-order valence-corrected chi connectivity index (χ4v) is 1.66. The Balaban J connectivity index is 1.84. The average molecular weight is 225 g/mol. The van der Waals surface area contributed by atoms with Crippen molar-refractivity contribution in [2.75, 3.05) is 5.32 Å². The van der Waals surface area contributed by atoms with Gasteiger partial charge in [-0.2, -0.15) is 0 Å². The predicted molar refractivity (Wildman–Crippen MR) is 64.6 cm³/mol. The van der Waals surface area contributed by atoms with E-state index < -0.39 is 0 Å². The zero-order valence-electron chi connectivity index (χ0n) is 9.11. The zero-order chi connectivity index (χ0) is 11.5. The van der Waals surface area contributed by atoms with Crippen LogP contribution >= 0.6 is 0 Å². The number of hydrogen-bond donors (Lipinski definition) is 1. The van der Waals surface area contributed by atoms with Gasteiger partial charge in [0.2, 0.25) is 0 Å². The molecule has 0 aliphatic carbocycles. The van der Waals surface area contributed by atoms with Crippen molar-refractivity contribution in [2.24, 2.45) is 0 Å². The highest BCUT2D eigenvalue weighted by molar-refractivity contribution is 5.62. The summed E-state index contributed by atoms with van der Waals surface area (Å²) in [6, 6.07) is 5.84. The summed E-state index contributed by atoms with van der Waals surface area (Å²) < 4.78 is 1.92. The van der Waals surface area contributed by atoms with Crippen LogP contribution in [0, 0.1) is 0 Å². The van der Waals surface area contributed by atoms with E-state index in [0.717, 1.165) is 17.2 Å². The van der Waals surface area contributed by atoms with Crippen LogP contribution in [0.5, 0.6) is 0 Å². The molecule has 0 bridgehead atoms. The molecule has 1 N–H and O–H groups in total. The lowest BCUT2D eigenvalue weighted by atomic mass is 10.3. The maximum Gasteiger partial charge on any atom is 0.180 e. The highest BCUT2D eigenvalue weighted by Gasteiger charge is 2.02. The van der Waals surface area contributed by atoms with E-state index in [1.165, 1.54) is 0 Å². The number of imidazole rings is 1. The van der Waals surface area contributed by atoms with Gasteiger partial charge in [-0.25, -0.2) is 9.97 Å². The smallest absolute Gasteiger partial charge is 0.180 e. The predicted octanol–water partition coefficient (Wildman–Crippen LogP) is 1.74. The average Bonchev–Trinajstić information content (AvgIpc) is 2.86. The van der Waals surface area contributed by atoms with Gasteiger partial charge < -0.3 is 9.72 Å². The highest BCUT2D eigenvalue weighted by atomic mass is 15.1. The minimum absolute atomic E-state index is 0.639. The van der Waals surface area contributed by atoms with Gasteiger partial charge in [-0.1, -0.05) is 6.07 Å². The van der Waals surface area contributed by atoms with Gasteiger partial charge in [0.1, 0.15) is 0 Å². The summed E-state index contributed by atoms with van der Waals surface area (Å²) in [7, 11) is 0. The SMILES string of the molecule is c1ccc(CNc2nccn3ccnc23)nc1. The molecule has 0 radical (unpaired) electrons. The fraction of sp³-hybridized carbons (Fsp3) is 0.0833. The van der Waals surface area contributed by atoms with Crippen LogP contribution in [0.1, 0.15) is 5.69 Å². The lowest BCUT2D eigenvalue weighted by Crippen LogP contribution is -2.04. The number of aromatic nitrogens is 4. The second-order valence-corrected chi connectivity index (χ2v) is 3.61. The molecular formula is C12H11N5. The van der Waals surface area contributed by atoms with Gasteiger partial charge in [-0.3, -0.25) is 4.98 Å². The monoisotopic (exact) mass is 225 g/mol. The van der Waals surface area contributed by atoms with E-state index in [1.807, 2.05) is 35.0 Å². The quantitative estimate of drug-likeness (QED) is 0.737. The normalized spacial score (nSPS) is 10.6. The Kier molecular flexibility index (Phi) is 2.42. The van der Waals surface area contributed by atoms with Crippen LogP contribution in [-0.4, -0.2) is 19.4 Å². The van der Waals surface area contributed by atoms with E-state index in [-0.39, 0.29) is 0 Å². The van der Waals surface area contributed by atoms with E-state index in [0.29, 0.717) is 6.54 Å². The van der Waals surface area contributed by atoms with Gasteiger partial charge in [0.15, 0.2) is 11.5 Å². The third-order valence-corrected chi connectivity index (χ3v) is 2.47. The van der Waals surface area contributed by atoms with E-state index >= 15 is 0 Å². The summed E-state index contributed by atoms with van der Waals surface area (Å²) in [5.74, 6) is 0.767. The van der Waals surface area contributed by atoms with Crippen molar-refractivity contribution in [1.29, 1.82) is 0 Å². The molecular weight excluding hydrogens is 214 g/mol. The molecule has 0 spiro atoms. The third kappa shape index (κ3) is 1.94. The molecule has 5 heteroatoms. The number of nitrogens with zero attached hydrogens (tertiary/aromatic N) is 4. The Morgan fingerprint density at radius 1 is 1.00 bits per heavy atom. The summed E-state index contributed by atoms with van der Waals surface area (Å²) in [6.07, 6.45) is 9.04. The summed E-state index contributed by atoms with van der Waals surface area (Å²) in [5.41, 5.74) is 1.80. The summed E-state index contributed by atoms with van der Waals surface area (Å²) in [5, 5.41) is 3.23. The molecule has 0 amide bonds. The van der Waals surface area contributed by atoms with Crippen LogP contribution < -0.4 is 5.32 Å². The van der Waals surface area contributed by atoms with Gasteiger partial charge >= 0.3 is 0 Å². The molecule has 3 aromatic heterocycles. The first-order valence-electron chi connectivity index (χ1n) is 5.35. The Morgan fingerprint density at radius 2 is 1.88 bits per heavy atom. The molecule has 3 heterocycles. The van der Waals surface area contributed by atoms with Gasteiger partial charge in [0.05, 0.1) is 12.2 Å². The van der Waals surface area contributed by atoms with E-state index in [1.54, 1.807) is 18.6 Å². The van der Waals surface area contributed by atoms with E-state index in [9.17, 15) is 0 Å². The Labute approximate surface area is 98.2 Å². The second-order valence-electron chi connectivity index (χ2n) is 3.61. The Bertz CT molecular complexity index is 617. The van der Waals surface area contributed by atoms with Crippen molar-refractivity contribution in [1.82, 2.24) is 19.4 Å². The summed E-state index contributed by atoms with van der Waals surface area (Å²) >= 11 is 0.